The largest absolute Gasteiger partial charge is 0.439 e. The lowest BCUT2D eigenvalue weighted by Crippen LogP contribution is -2.55. The van der Waals surface area contributed by atoms with Crippen molar-refractivity contribution in [1.29, 1.82) is 5.26 Å². The molecule has 160 valence electrons. The molecule has 1 unspecified atom stereocenters. The standard InChI is InChI=1S/C23H19ClN6O2/c24-16-6-4-15(5-7-16)13-30-14-20(26)22(31)29-23(30)28-17-8-10-19(11-9-17)32-21-3-1-2-18(12-25)27-21/h1-11,14,23,28H,13,26H2,(H,29,31). The highest BCUT2D eigenvalue weighted by Crippen LogP contribution is 2.23. The normalized spacial score (nSPS) is 15.4. The molecule has 3 aromatic rings. The fourth-order valence-corrected chi connectivity index (χ4v) is 3.22. The highest BCUT2D eigenvalue weighted by Gasteiger charge is 2.25. The smallest absolute Gasteiger partial charge is 0.271 e. The molecule has 0 radical (unpaired) electrons. The van der Waals surface area contributed by atoms with E-state index in [0.717, 1.165) is 11.3 Å². The van der Waals surface area contributed by atoms with Gasteiger partial charge in [0.1, 0.15) is 23.2 Å². The molecule has 1 atom stereocenters. The van der Waals surface area contributed by atoms with Crippen molar-refractivity contribution in [2.45, 2.75) is 12.8 Å². The molecule has 32 heavy (non-hydrogen) atoms. The van der Waals surface area contributed by atoms with Crippen LogP contribution in [0.4, 0.5) is 5.69 Å². The number of benzene rings is 2. The molecule has 4 N–H and O–H groups in total. The van der Waals surface area contributed by atoms with Crippen LogP contribution in [0.15, 0.2) is 78.6 Å². The lowest BCUT2D eigenvalue weighted by Gasteiger charge is -2.36. The van der Waals surface area contributed by atoms with Crippen molar-refractivity contribution in [3.63, 3.8) is 0 Å². The van der Waals surface area contributed by atoms with Crippen molar-refractivity contribution in [3.05, 3.63) is 94.9 Å². The Balaban J connectivity index is 1.46. The number of nitrogens with zero attached hydrogens (tertiary/aromatic N) is 3. The van der Waals surface area contributed by atoms with Gasteiger partial charge in [-0.1, -0.05) is 29.8 Å². The number of amides is 1. The summed E-state index contributed by atoms with van der Waals surface area (Å²) in [5.74, 6) is 0.547. The van der Waals surface area contributed by atoms with Gasteiger partial charge in [-0.3, -0.25) is 4.79 Å². The Bertz CT molecular complexity index is 1190. The van der Waals surface area contributed by atoms with Crippen LogP contribution < -0.4 is 21.1 Å². The lowest BCUT2D eigenvalue weighted by atomic mass is 10.2. The van der Waals surface area contributed by atoms with Crippen molar-refractivity contribution in [1.82, 2.24) is 15.2 Å². The Labute approximate surface area is 189 Å². The van der Waals surface area contributed by atoms with Crippen molar-refractivity contribution in [2.75, 3.05) is 5.32 Å². The van der Waals surface area contributed by atoms with Crippen LogP contribution in [0.2, 0.25) is 5.02 Å². The zero-order chi connectivity index (χ0) is 22.5. The van der Waals surface area contributed by atoms with Crippen LogP contribution in [0.1, 0.15) is 11.3 Å². The summed E-state index contributed by atoms with van der Waals surface area (Å²) in [7, 11) is 0. The number of pyridine rings is 1. The number of hydrogen-bond acceptors (Lipinski definition) is 7. The molecule has 2 aromatic carbocycles. The van der Waals surface area contributed by atoms with Crippen LogP contribution in [-0.2, 0) is 11.3 Å². The van der Waals surface area contributed by atoms with Crippen molar-refractivity contribution < 1.29 is 9.53 Å². The SMILES string of the molecule is N#Cc1cccc(Oc2ccc(NC3NC(=O)C(N)=CN3Cc3ccc(Cl)cc3)cc2)n1. The molecular formula is C23H19ClN6O2. The molecule has 0 bridgehead atoms. The maximum atomic E-state index is 12.1. The van der Waals surface area contributed by atoms with Crippen LogP contribution in [-0.4, -0.2) is 22.1 Å². The van der Waals surface area contributed by atoms with Crippen molar-refractivity contribution >= 4 is 23.2 Å². The van der Waals surface area contributed by atoms with E-state index < -0.39 is 6.29 Å². The van der Waals surface area contributed by atoms with Crippen LogP contribution in [0, 0.1) is 11.3 Å². The number of nitrogens with one attached hydrogen (secondary N) is 2. The van der Waals surface area contributed by atoms with Gasteiger partial charge in [0.05, 0.1) is 0 Å². The molecule has 0 fully saturated rings. The number of halogens is 1. The second-order valence-corrected chi connectivity index (χ2v) is 7.44. The number of nitrogens with two attached hydrogens (primary N) is 1. The van der Waals surface area contributed by atoms with E-state index in [2.05, 4.69) is 15.6 Å². The van der Waals surface area contributed by atoms with Gasteiger partial charge in [-0.15, -0.1) is 0 Å². The average molecular weight is 447 g/mol. The molecule has 1 amide bonds. The summed E-state index contributed by atoms with van der Waals surface area (Å²) in [6.07, 6.45) is 1.11. The maximum absolute atomic E-state index is 12.1. The van der Waals surface area contributed by atoms with E-state index in [0.29, 0.717) is 23.2 Å². The molecule has 0 saturated carbocycles. The third-order valence-electron chi connectivity index (χ3n) is 4.66. The van der Waals surface area contributed by atoms with Crippen LogP contribution in [0.5, 0.6) is 11.6 Å². The number of carbonyl (C=O) groups excluding carboxylic acids is 1. The van der Waals surface area contributed by atoms with Crippen LogP contribution in [0.25, 0.3) is 0 Å². The molecule has 1 aliphatic heterocycles. The average Bonchev–Trinajstić information content (AvgIpc) is 2.80. The summed E-state index contributed by atoms with van der Waals surface area (Å²) < 4.78 is 5.70. The van der Waals surface area contributed by atoms with Gasteiger partial charge in [-0.25, -0.2) is 4.98 Å². The van der Waals surface area contributed by atoms with E-state index in [1.54, 1.807) is 36.5 Å². The van der Waals surface area contributed by atoms with E-state index in [1.807, 2.05) is 47.4 Å². The topological polar surface area (TPSA) is 116 Å². The van der Waals surface area contributed by atoms with E-state index in [4.69, 9.17) is 27.3 Å². The maximum Gasteiger partial charge on any atom is 0.271 e. The third kappa shape index (κ3) is 5.09. The Hall–Kier alpha value is -4.22. The first-order valence-electron chi connectivity index (χ1n) is 9.70. The van der Waals surface area contributed by atoms with E-state index in [9.17, 15) is 4.79 Å². The Morgan fingerprint density at radius 3 is 2.62 bits per heavy atom. The molecule has 1 aliphatic rings. The highest BCUT2D eigenvalue weighted by atomic mass is 35.5. The van der Waals surface area contributed by atoms with E-state index in [1.165, 1.54) is 0 Å². The van der Waals surface area contributed by atoms with Gasteiger partial charge in [0.25, 0.3) is 5.91 Å². The van der Waals surface area contributed by atoms with Gasteiger partial charge in [0.15, 0.2) is 6.29 Å². The Morgan fingerprint density at radius 2 is 1.91 bits per heavy atom. The quantitative estimate of drug-likeness (QED) is 0.530. The zero-order valence-corrected chi connectivity index (χ0v) is 17.6. The fraction of sp³-hybridized carbons (Fsp3) is 0.0870. The minimum Gasteiger partial charge on any atom is -0.439 e. The molecule has 2 heterocycles. The van der Waals surface area contributed by atoms with Crippen molar-refractivity contribution in [2.24, 2.45) is 5.73 Å². The molecule has 8 nitrogen and oxygen atoms in total. The Kier molecular flexibility index (Phi) is 6.10. The molecule has 9 heteroatoms. The zero-order valence-electron chi connectivity index (χ0n) is 16.8. The summed E-state index contributed by atoms with van der Waals surface area (Å²) in [6, 6.07) is 21.6. The monoisotopic (exact) mass is 446 g/mol. The summed E-state index contributed by atoms with van der Waals surface area (Å²) in [6.45, 7) is 0.512. The number of ether oxygens (including phenoxy) is 1. The second kappa shape index (κ2) is 9.29. The fourth-order valence-electron chi connectivity index (χ4n) is 3.09. The summed E-state index contributed by atoms with van der Waals surface area (Å²) in [5, 5.41) is 15.7. The minimum atomic E-state index is -0.508. The first-order valence-corrected chi connectivity index (χ1v) is 10.1. The van der Waals surface area contributed by atoms with Crippen LogP contribution >= 0.6 is 11.6 Å². The molecule has 0 spiro atoms. The highest BCUT2D eigenvalue weighted by molar-refractivity contribution is 6.30. The minimum absolute atomic E-state index is 0.132. The van der Waals surface area contributed by atoms with Crippen LogP contribution in [0.3, 0.4) is 0 Å². The van der Waals surface area contributed by atoms with E-state index in [-0.39, 0.29) is 17.3 Å². The molecule has 1 aromatic heterocycles. The van der Waals surface area contributed by atoms with Gasteiger partial charge in [0.2, 0.25) is 5.88 Å². The van der Waals surface area contributed by atoms with Gasteiger partial charge < -0.3 is 26.0 Å². The summed E-state index contributed by atoms with van der Waals surface area (Å²) in [5.41, 5.74) is 8.02. The van der Waals surface area contributed by atoms with E-state index >= 15 is 0 Å². The Morgan fingerprint density at radius 1 is 1.16 bits per heavy atom. The molecular weight excluding hydrogens is 428 g/mol. The number of rotatable bonds is 6. The third-order valence-corrected chi connectivity index (χ3v) is 4.92. The lowest BCUT2D eigenvalue weighted by molar-refractivity contribution is -0.120. The number of hydrogen-bond donors (Lipinski definition) is 3. The van der Waals surface area contributed by atoms with Gasteiger partial charge in [-0.2, -0.15) is 5.26 Å². The number of anilines is 1. The summed E-state index contributed by atoms with van der Waals surface area (Å²) in [4.78, 5) is 18.1. The van der Waals surface area contributed by atoms with Gasteiger partial charge >= 0.3 is 0 Å². The first-order chi connectivity index (χ1) is 15.5. The number of aromatic nitrogens is 1. The van der Waals surface area contributed by atoms with Gasteiger partial charge in [0, 0.05) is 29.5 Å². The number of nitriles is 1. The molecule has 0 saturated heterocycles. The van der Waals surface area contributed by atoms with Gasteiger partial charge in [-0.05, 0) is 48.0 Å². The first kappa shape index (κ1) is 21.0. The molecule has 4 rings (SSSR count). The number of carbonyl (C=O) groups is 1. The predicted octanol–water partition coefficient (Wildman–Crippen LogP) is 3.53. The second-order valence-electron chi connectivity index (χ2n) is 7.00. The predicted molar refractivity (Wildman–Crippen MR) is 120 cm³/mol. The van der Waals surface area contributed by atoms with Crippen molar-refractivity contribution in [3.8, 4) is 17.7 Å². The summed E-state index contributed by atoms with van der Waals surface area (Å²) >= 11 is 5.97. The molecule has 0 aliphatic carbocycles.